The van der Waals surface area contributed by atoms with Gasteiger partial charge in [0.15, 0.2) is 0 Å². The molecule has 20 heavy (non-hydrogen) atoms. The Hall–Kier alpha value is -2.24. The van der Waals surface area contributed by atoms with E-state index in [0.717, 1.165) is 24.0 Å². The molecule has 0 fully saturated rings. The number of anilines is 1. The lowest BCUT2D eigenvalue weighted by atomic mass is 9.97. The largest absolute Gasteiger partial charge is 0.335 e. The SMILES string of the molecule is O=C(Nc1cc(F)ccc1F)C1CCn2ccnc2C1. The Labute approximate surface area is 114 Å². The molecule has 1 N–H and O–H groups in total. The predicted molar refractivity (Wildman–Crippen MR) is 69.0 cm³/mol. The van der Waals surface area contributed by atoms with E-state index >= 15 is 0 Å². The van der Waals surface area contributed by atoms with Crippen molar-refractivity contribution in [2.45, 2.75) is 19.4 Å². The quantitative estimate of drug-likeness (QED) is 0.916. The topological polar surface area (TPSA) is 46.9 Å². The summed E-state index contributed by atoms with van der Waals surface area (Å²) in [6, 6.07) is 3.00. The van der Waals surface area contributed by atoms with Crippen LogP contribution in [-0.4, -0.2) is 15.5 Å². The molecule has 1 aliphatic rings. The summed E-state index contributed by atoms with van der Waals surface area (Å²) >= 11 is 0. The molecule has 0 saturated carbocycles. The van der Waals surface area contributed by atoms with Crippen molar-refractivity contribution in [2.24, 2.45) is 5.92 Å². The number of aromatic nitrogens is 2. The second kappa shape index (κ2) is 5.03. The van der Waals surface area contributed by atoms with Crippen molar-refractivity contribution in [3.05, 3.63) is 48.1 Å². The Balaban J connectivity index is 1.73. The van der Waals surface area contributed by atoms with Crippen LogP contribution in [0.5, 0.6) is 0 Å². The van der Waals surface area contributed by atoms with Crippen molar-refractivity contribution in [1.29, 1.82) is 0 Å². The lowest BCUT2D eigenvalue weighted by molar-refractivity contribution is -0.120. The Kier molecular flexibility index (Phi) is 3.22. The third-order valence-corrected chi connectivity index (χ3v) is 3.51. The van der Waals surface area contributed by atoms with E-state index in [1.165, 1.54) is 0 Å². The fraction of sp³-hybridized carbons (Fsp3) is 0.286. The lowest BCUT2D eigenvalue weighted by Crippen LogP contribution is -2.30. The highest BCUT2D eigenvalue weighted by Crippen LogP contribution is 2.22. The zero-order valence-electron chi connectivity index (χ0n) is 10.6. The van der Waals surface area contributed by atoms with Crippen molar-refractivity contribution in [3.8, 4) is 0 Å². The van der Waals surface area contributed by atoms with Gasteiger partial charge in [-0.15, -0.1) is 0 Å². The highest BCUT2D eigenvalue weighted by Gasteiger charge is 2.25. The second-order valence-corrected chi connectivity index (χ2v) is 4.84. The zero-order chi connectivity index (χ0) is 14.1. The number of nitrogens with zero attached hydrogens (tertiary/aromatic N) is 2. The highest BCUT2D eigenvalue weighted by molar-refractivity contribution is 5.92. The summed E-state index contributed by atoms with van der Waals surface area (Å²) in [4.78, 5) is 16.3. The molecule has 1 amide bonds. The normalized spacial score (nSPS) is 17.6. The first-order chi connectivity index (χ1) is 9.63. The van der Waals surface area contributed by atoms with Crippen LogP contribution in [0.15, 0.2) is 30.6 Å². The fourth-order valence-corrected chi connectivity index (χ4v) is 2.40. The van der Waals surface area contributed by atoms with Crippen molar-refractivity contribution in [1.82, 2.24) is 9.55 Å². The van der Waals surface area contributed by atoms with Crippen molar-refractivity contribution >= 4 is 11.6 Å². The monoisotopic (exact) mass is 277 g/mol. The van der Waals surface area contributed by atoms with Crippen LogP contribution in [0.25, 0.3) is 0 Å². The van der Waals surface area contributed by atoms with E-state index in [9.17, 15) is 13.6 Å². The summed E-state index contributed by atoms with van der Waals surface area (Å²) in [5.41, 5.74) is -0.121. The van der Waals surface area contributed by atoms with Gasteiger partial charge in [-0.2, -0.15) is 0 Å². The molecule has 6 heteroatoms. The van der Waals surface area contributed by atoms with Gasteiger partial charge in [-0.05, 0) is 18.6 Å². The molecule has 2 heterocycles. The number of carbonyl (C=O) groups is 1. The summed E-state index contributed by atoms with van der Waals surface area (Å²) < 4.78 is 28.5. The number of amides is 1. The van der Waals surface area contributed by atoms with Gasteiger partial charge >= 0.3 is 0 Å². The maximum atomic E-state index is 13.5. The molecule has 4 nitrogen and oxygen atoms in total. The minimum atomic E-state index is -0.642. The lowest BCUT2D eigenvalue weighted by Gasteiger charge is -2.22. The number of carbonyl (C=O) groups excluding carboxylic acids is 1. The molecule has 0 saturated heterocycles. The Morgan fingerprint density at radius 3 is 3.10 bits per heavy atom. The van der Waals surface area contributed by atoms with Gasteiger partial charge in [-0.1, -0.05) is 0 Å². The van der Waals surface area contributed by atoms with Gasteiger partial charge in [0.2, 0.25) is 5.91 Å². The molecular weight excluding hydrogens is 264 g/mol. The molecule has 0 aliphatic carbocycles. The maximum Gasteiger partial charge on any atom is 0.228 e. The Bertz CT molecular complexity index is 654. The van der Waals surface area contributed by atoms with E-state index in [-0.39, 0.29) is 17.5 Å². The van der Waals surface area contributed by atoms with E-state index < -0.39 is 11.6 Å². The first kappa shape index (κ1) is 12.8. The van der Waals surface area contributed by atoms with Crippen LogP contribution >= 0.6 is 0 Å². The van der Waals surface area contributed by atoms with E-state index in [1.807, 2.05) is 10.8 Å². The molecule has 0 radical (unpaired) electrons. The van der Waals surface area contributed by atoms with Crippen LogP contribution in [0.3, 0.4) is 0 Å². The standard InChI is InChI=1S/C14H13F2N3O/c15-10-1-2-11(16)12(8-10)18-14(20)9-3-5-19-6-4-17-13(19)7-9/h1-2,4,6,8-9H,3,5,7H2,(H,18,20). The first-order valence-corrected chi connectivity index (χ1v) is 6.39. The van der Waals surface area contributed by atoms with Gasteiger partial charge in [0.25, 0.3) is 0 Å². The van der Waals surface area contributed by atoms with Gasteiger partial charge in [0, 0.05) is 37.3 Å². The van der Waals surface area contributed by atoms with Gasteiger partial charge < -0.3 is 9.88 Å². The number of rotatable bonds is 2. The second-order valence-electron chi connectivity index (χ2n) is 4.84. The molecule has 1 aromatic heterocycles. The minimum Gasteiger partial charge on any atom is -0.335 e. The molecule has 1 unspecified atom stereocenters. The number of nitrogens with one attached hydrogen (secondary N) is 1. The van der Waals surface area contributed by atoms with E-state index in [4.69, 9.17) is 0 Å². The van der Waals surface area contributed by atoms with Crippen molar-refractivity contribution in [2.75, 3.05) is 5.32 Å². The van der Waals surface area contributed by atoms with Crippen molar-refractivity contribution in [3.63, 3.8) is 0 Å². The smallest absolute Gasteiger partial charge is 0.228 e. The molecule has 1 aromatic carbocycles. The minimum absolute atomic E-state index is 0.121. The van der Waals surface area contributed by atoms with Gasteiger partial charge in [0.05, 0.1) is 5.69 Å². The predicted octanol–water partition coefficient (Wildman–Crippen LogP) is 2.36. The molecule has 0 bridgehead atoms. The molecule has 1 atom stereocenters. The zero-order valence-corrected chi connectivity index (χ0v) is 10.6. The highest BCUT2D eigenvalue weighted by atomic mass is 19.1. The molecular formula is C14H13F2N3O. The number of hydrogen-bond donors (Lipinski definition) is 1. The van der Waals surface area contributed by atoms with E-state index in [1.54, 1.807) is 6.20 Å². The Morgan fingerprint density at radius 1 is 1.40 bits per heavy atom. The average molecular weight is 277 g/mol. The maximum absolute atomic E-state index is 13.5. The molecule has 3 rings (SSSR count). The van der Waals surface area contributed by atoms with Gasteiger partial charge in [-0.3, -0.25) is 4.79 Å². The van der Waals surface area contributed by atoms with Crippen LogP contribution in [0.2, 0.25) is 0 Å². The fourth-order valence-electron chi connectivity index (χ4n) is 2.40. The number of benzene rings is 1. The number of hydrogen-bond acceptors (Lipinski definition) is 2. The molecule has 2 aromatic rings. The van der Waals surface area contributed by atoms with Crippen LogP contribution in [0.1, 0.15) is 12.2 Å². The first-order valence-electron chi connectivity index (χ1n) is 6.39. The number of aryl methyl sites for hydroxylation is 1. The van der Waals surface area contributed by atoms with Gasteiger partial charge in [-0.25, -0.2) is 13.8 Å². The average Bonchev–Trinajstić information content (AvgIpc) is 2.90. The number of fused-ring (bicyclic) bond motifs is 1. The number of halogens is 2. The number of imidazole rings is 1. The summed E-state index contributed by atoms with van der Waals surface area (Å²) in [7, 11) is 0. The van der Waals surface area contributed by atoms with E-state index in [0.29, 0.717) is 19.4 Å². The molecule has 104 valence electrons. The summed E-state index contributed by atoms with van der Waals surface area (Å²) in [5.74, 6) is -0.953. The third kappa shape index (κ3) is 2.41. The molecule has 0 spiro atoms. The summed E-state index contributed by atoms with van der Waals surface area (Å²) in [6.07, 6.45) is 4.74. The third-order valence-electron chi connectivity index (χ3n) is 3.51. The Morgan fingerprint density at radius 2 is 2.25 bits per heavy atom. The van der Waals surface area contributed by atoms with Crippen molar-refractivity contribution < 1.29 is 13.6 Å². The van der Waals surface area contributed by atoms with Crippen LogP contribution < -0.4 is 5.32 Å². The van der Waals surface area contributed by atoms with Crippen LogP contribution in [0.4, 0.5) is 14.5 Å². The van der Waals surface area contributed by atoms with Gasteiger partial charge in [0.1, 0.15) is 17.5 Å². The molecule has 1 aliphatic heterocycles. The van der Waals surface area contributed by atoms with Crippen LogP contribution in [-0.2, 0) is 17.8 Å². The van der Waals surface area contributed by atoms with E-state index in [2.05, 4.69) is 10.3 Å². The van der Waals surface area contributed by atoms with Crippen LogP contribution in [0, 0.1) is 17.6 Å². The summed E-state index contributed by atoms with van der Waals surface area (Å²) in [6.45, 7) is 0.707. The summed E-state index contributed by atoms with van der Waals surface area (Å²) in [5, 5.41) is 2.45.